The number of ether oxygens (including phenoxy) is 2. The summed E-state index contributed by atoms with van der Waals surface area (Å²) in [5.41, 5.74) is 3.03. The molecule has 170 valence electrons. The Labute approximate surface area is 189 Å². The van der Waals surface area contributed by atoms with Gasteiger partial charge in [0.25, 0.3) is 0 Å². The molecule has 0 saturated carbocycles. The van der Waals surface area contributed by atoms with Crippen molar-refractivity contribution in [3.05, 3.63) is 40.2 Å². The predicted octanol–water partition coefficient (Wildman–Crippen LogP) is 3.71. The Bertz CT molecular complexity index is 899. The molecule has 7 nitrogen and oxygen atoms in total. The third-order valence-corrected chi connectivity index (χ3v) is 6.48. The van der Waals surface area contributed by atoms with E-state index in [2.05, 4.69) is 15.3 Å². The van der Waals surface area contributed by atoms with Gasteiger partial charge in [-0.2, -0.15) is 5.10 Å². The first-order valence-electron chi connectivity index (χ1n) is 10.8. The lowest BCUT2D eigenvalue weighted by Crippen LogP contribution is -2.35. The van der Waals surface area contributed by atoms with Crippen LogP contribution in [0.2, 0.25) is 5.15 Å². The average Bonchev–Trinajstić information content (AvgIpc) is 3.02. The van der Waals surface area contributed by atoms with Crippen LogP contribution in [0.15, 0.2) is 18.2 Å². The Morgan fingerprint density at radius 2 is 2.13 bits per heavy atom. The number of benzene rings is 1. The van der Waals surface area contributed by atoms with Crippen molar-refractivity contribution in [3.63, 3.8) is 0 Å². The van der Waals surface area contributed by atoms with Gasteiger partial charge in [0.2, 0.25) is 5.91 Å². The molecule has 1 fully saturated rings. The number of carbonyl (C=O) groups excluding carboxylic acids is 1. The van der Waals surface area contributed by atoms with Gasteiger partial charge < -0.3 is 14.8 Å². The standard InChI is InChI=1S/C23H33ClN4O3/c1-16-20(23(24)27(2)26-16)15-28-11-5-6-17(14-28)7-10-22(29)25-13-18-8-9-19(30-3)12-21(18)31-4/h8-9,12,17H,5-7,10-11,13-15H2,1-4H3,(H,25,29)/t17-/m1/s1. The van der Waals surface area contributed by atoms with Crippen molar-refractivity contribution in [2.45, 2.75) is 45.7 Å². The molecule has 1 amide bonds. The van der Waals surface area contributed by atoms with Crippen LogP contribution in [0, 0.1) is 12.8 Å². The number of hydrogen-bond acceptors (Lipinski definition) is 5. The van der Waals surface area contributed by atoms with Crippen LogP contribution in [0.1, 0.15) is 42.5 Å². The third-order valence-electron chi connectivity index (χ3n) is 6.00. The first-order chi connectivity index (χ1) is 14.9. The molecule has 0 bridgehead atoms. The van der Waals surface area contributed by atoms with E-state index in [-0.39, 0.29) is 5.91 Å². The molecule has 2 heterocycles. The first kappa shape index (κ1) is 23.4. The Morgan fingerprint density at radius 1 is 1.32 bits per heavy atom. The highest BCUT2D eigenvalue weighted by Gasteiger charge is 2.23. The number of carbonyl (C=O) groups is 1. The highest BCUT2D eigenvalue weighted by molar-refractivity contribution is 6.30. The second-order valence-electron chi connectivity index (χ2n) is 8.21. The molecule has 0 radical (unpaired) electrons. The summed E-state index contributed by atoms with van der Waals surface area (Å²) in [6.45, 7) is 5.32. The average molecular weight is 449 g/mol. The summed E-state index contributed by atoms with van der Waals surface area (Å²) >= 11 is 6.40. The molecule has 1 aliphatic heterocycles. The highest BCUT2D eigenvalue weighted by atomic mass is 35.5. The SMILES string of the molecule is COc1ccc(CNC(=O)CC[C@H]2CCCN(Cc3c(C)nn(C)c3Cl)C2)c(OC)c1. The quantitative estimate of drug-likeness (QED) is 0.633. The Hall–Kier alpha value is -2.25. The minimum atomic E-state index is 0.0705. The maximum absolute atomic E-state index is 12.4. The minimum Gasteiger partial charge on any atom is -0.497 e. The summed E-state index contributed by atoms with van der Waals surface area (Å²) in [5, 5.41) is 8.14. The van der Waals surface area contributed by atoms with E-state index < -0.39 is 0 Å². The highest BCUT2D eigenvalue weighted by Crippen LogP contribution is 2.27. The number of rotatable bonds is 9. The van der Waals surface area contributed by atoms with Crippen molar-refractivity contribution in [2.75, 3.05) is 27.3 Å². The molecular formula is C23H33ClN4O3. The summed E-state index contributed by atoms with van der Waals surface area (Å²) < 4.78 is 12.4. The zero-order valence-corrected chi connectivity index (χ0v) is 19.7. The van der Waals surface area contributed by atoms with E-state index in [1.807, 2.05) is 32.2 Å². The van der Waals surface area contributed by atoms with E-state index in [0.29, 0.717) is 29.8 Å². The molecule has 0 aliphatic carbocycles. The molecule has 0 unspecified atom stereocenters. The number of likely N-dealkylation sites (tertiary alicyclic amines) is 1. The second-order valence-corrected chi connectivity index (χ2v) is 8.57. The summed E-state index contributed by atoms with van der Waals surface area (Å²) in [5.74, 6) is 2.04. The molecule has 1 aromatic heterocycles. The van der Waals surface area contributed by atoms with Gasteiger partial charge in [0.05, 0.1) is 19.9 Å². The van der Waals surface area contributed by atoms with Gasteiger partial charge in [0.1, 0.15) is 16.7 Å². The van der Waals surface area contributed by atoms with Crippen LogP contribution in [-0.4, -0.2) is 47.9 Å². The Morgan fingerprint density at radius 3 is 2.81 bits per heavy atom. The van der Waals surface area contributed by atoms with Crippen molar-refractivity contribution in [1.29, 1.82) is 0 Å². The Balaban J connectivity index is 1.46. The molecule has 3 rings (SSSR count). The van der Waals surface area contributed by atoms with Crippen molar-refractivity contribution in [2.24, 2.45) is 13.0 Å². The number of aromatic nitrogens is 2. The van der Waals surface area contributed by atoms with Gasteiger partial charge in [-0.25, -0.2) is 0 Å². The van der Waals surface area contributed by atoms with Crippen LogP contribution < -0.4 is 14.8 Å². The van der Waals surface area contributed by atoms with Crippen molar-refractivity contribution >= 4 is 17.5 Å². The predicted molar refractivity (Wildman–Crippen MR) is 122 cm³/mol. The van der Waals surface area contributed by atoms with Crippen molar-refractivity contribution < 1.29 is 14.3 Å². The smallest absolute Gasteiger partial charge is 0.220 e. The lowest BCUT2D eigenvalue weighted by Gasteiger charge is -2.32. The van der Waals surface area contributed by atoms with Crippen LogP contribution >= 0.6 is 11.6 Å². The van der Waals surface area contributed by atoms with Crippen LogP contribution in [0.5, 0.6) is 11.5 Å². The lowest BCUT2D eigenvalue weighted by molar-refractivity contribution is -0.121. The first-order valence-corrected chi connectivity index (χ1v) is 11.2. The van der Waals surface area contributed by atoms with Gasteiger partial charge in [-0.1, -0.05) is 11.6 Å². The zero-order chi connectivity index (χ0) is 22.4. The van der Waals surface area contributed by atoms with Gasteiger partial charge in [0.15, 0.2) is 0 Å². The molecule has 0 spiro atoms. The fourth-order valence-corrected chi connectivity index (χ4v) is 4.46. The molecule has 8 heteroatoms. The lowest BCUT2D eigenvalue weighted by atomic mass is 9.93. The van der Waals surface area contributed by atoms with Crippen molar-refractivity contribution in [3.8, 4) is 11.5 Å². The number of hydrogen-bond donors (Lipinski definition) is 1. The van der Waals surface area contributed by atoms with Gasteiger partial charge in [-0.15, -0.1) is 0 Å². The molecule has 2 aromatic rings. The van der Waals surface area contributed by atoms with Gasteiger partial charge in [0, 0.05) is 50.3 Å². The monoisotopic (exact) mass is 448 g/mol. The third kappa shape index (κ3) is 6.14. The van der Waals surface area contributed by atoms with E-state index in [9.17, 15) is 4.79 Å². The summed E-state index contributed by atoms with van der Waals surface area (Å²) in [6.07, 6.45) is 3.73. The summed E-state index contributed by atoms with van der Waals surface area (Å²) in [7, 11) is 5.11. The maximum atomic E-state index is 12.4. The van der Waals surface area contributed by atoms with Crippen LogP contribution in [0.3, 0.4) is 0 Å². The molecule has 1 saturated heterocycles. The molecule has 31 heavy (non-hydrogen) atoms. The van der Waals surface area contributed by atoms with Crippen LogP contribution in [-0.2, 0) is 24.9 Å². The number of halogens is 1. The van der Waals surface area contributed by atoms with E-state index in [1.165, 1.54) is 0 Å². The normalized spacial score (nSPS) is 16.9. The number of piperidine rings is 1. The number of amides is 1. The maximum Gasteiger partial charge on any atom is 0.220 e. The molecule has 1 atom stereocenters. The number of aryl methyl sites for hydroxylation is 2. The van der Waals surface area contributed by atoms with Gasteiger partial charge in [-0.3, -0.25) is 14.4 Å². The van der Waals surface area contributed by atoms with Gasteiger partial charge >= 0.3 is 0 Å². The number of nitrogens with one attached hydrogen (secondary N) is 1. The minimum absolute atomic E-state index is 0.0705. The summed E-state index contributed by atoms with van der Waals surface area (Å²) in [4.78, 5) is 14.9. The van der Waals surface area contributed by atoms with Crippen LogP contribution in [0.4, 0.5) is 0 Å². The largest absolute Gasteiger partial charge is 0.497 e. The molecule has 1 aromatic carbocycles. The van der Waals surface area contributed by atoms with E-state index in [0.717, 1.165) is 61.5 Å². The fraction of sp³-hybridized carbons (Fsp3) is 0.565. The summed E-state index contributed by atoms with van der Waals surface area (Å²) in [6, 6.07) is 5.62. The van der Waals surface area contributed by atoms with E-state index in [4.69, 9.17) is 21.1 Å². The number of nitrogens with zero attached hydrogens (tertiary/aromatic N) is 3. The fourth-order valence-electron chi connectivity index (χ4n) is 4.22. The zero-order valence-electron chi connectivity index (χ0n) is 18.9. The number of methoxy groups -OCH3 is 2. The van der Waals surface area contributed by atoms with E-state index in [1.54, 1.807) is 18.9 Å². The van der Waals surface area contributed by atoms with Crippen LogP contribution in [0.25, 0.3) is 0 Å². The van der Waals surface area contributed by atoms with Crippen molar-refractivity contribution in [1.82, 2.24) is 20.0 Å². The molecule has 1 aliphatic rings. The Kier molecular flexibility index (Phi) is 8.21. The van der Waals surface area contributed by atoms with Gasteiger partial charge in [-0.05, 0) is 50.8 Å². The molecular weight excluding hydrogens is 416 g/mol. The second kappa shape index (κ2) is 10.9. The van der Waals surface area contributed by atoms with E-state index >= 15 is 0 Å². The molecule has 1 N–H and O–H groups in total. The topological polar surface area (TPSA) is 68.6 Å².